The molecule has 0 spiro atoms. The van der Waals surface area contributed by atoms with Crippen molar-refractivity contribution < 1.29 is 5.11 Å². The first-order valence-electron chi connectivity index (χ1n) is 4.41. The molecular formula is C12H8Cl2O. The van der Waals surface area contributed by atoms with Gasteiger partial charge in [-0.25, -0.2) is 0 Å². The average molecular weight is 239 g/mol. The summed E-state index contributed by atoms with van der Waals surface area (Å²) in [5.41, 5.74) is 1.67. The number of aromatic hydroxyl groups is 1. The Morgan fingerprint density at radius 2 is 1.73 bits per heavy atom. The lowest BCUT2D eigenvalue weighted by Crippen LogP contribution is -1.79. The molecule has 0 aliphatic heterocycles. The number of phenols is 1. The number of hydrogen-bond donors (Lipinski definition) is 1. The predicted octanol–water partition coefficient (Wildman–Crippen LogP) is 4.37. The Balaban J connectivity index is 2.58. The van der Waals surface area contributed by atoms with E-state index in [4.69, 9.17) is 23.2 Å². The highest BCUT2D eigenvalue weighted by atomic mass is 35.5. The number of phenolic OH excluding ortho intramolecular Hbond substituents is 1. The van der Waals surface area contributed by atoms with Crippen LogP contribution in [0.15, 0.2) is 42.5 Å². The first-order valence-corrected chi connectivity index (χ1v) is 5.17. The second-order valence-corrected chi connectivity index (χ2v) is 4.02. The van der Waals surface area contributed by atoms with Crippen LogP contribution in [0.3, 0.4) is 0 Å². The van der Waals surface area contributed by atoms with Gasteiger partial charge >= 0.3 is 0 Å². The van der Waals surface area contributed by atoms with Gasteiger partial charge in [-0.05, 0) is 35.9 Å². The molecule has 2 rings (SSSR count). The van der Waals surface area contributed by atoms with E-state index in [1.807, 2.05) is 18.2 Å². The van der Waals surface area contributed by atoms with Crippen molar-refractivity contribution in [2.24, 2.45) is 0 Å². The highest BCUT2D eigenvalue weighted by Gasteiger charge is 2.04. The van der Waals surface area contributed by atoms with Crippen LogP contribution in [0.2, 0.25) is 10.0 Å². The van der Waals surface area contributed by atoms with Gasteiger partial charge in [0.25, 0.3) is 0 Å². The van der Waals surface area contributed by atoms with Crippen molar-refractivity contribution in [1.82, 2.24) is 0 Å². The van der Waals surface area contributed by atoms with E-state index in [-0.39, 0.29) is 5.75 Å². The molecule has 0 aliphatic rings. The Labute approximate surface area is 97.9 Å². The van der Waals surface area contributed by atoms with Gasteiger partial charge in [-0.1, -0.05) is 35.3 Å². The Morgan fingerprint density at radius 3 is 2.47 bits per heavy atom. The third kappa shape index (κ3) is 2.25. The molecule has 0 fully saturated rings. The summed E-state index contributed by atoms with van der Waals surface area (Å²) in [6.45, 7) is 0. The zero-order valence-electron chi connectivity index (χ0n) is 7.74. The number of hydrogen-bond acceptors (Lipinski definition) is 1. The summed E-state index contributed by atoms with van der Waals surface area (Å²) in [5.74, 6) is 0.189. The highest BCUT2D eigenvalue weighted by Crippen LogP contribution is 2.32. The van der Waals surface area contributed by atoms with Gasteiger partial charge in [-0.15, -0.1) is 0 Å². The molecule has 76 valence electrons. The van der Waals surface area contributed by atoms with E-state index in [0.717, 1.165) is 11.1 Å². The van der Waals surface area contributed by atoms with Crippen molar-refractivity contribution >= 4 is 23.2 Å². The number of benzene rings is 2. The number of halogens is 2. The van der Waals surface area contributed by atoms with E-state index >= 15 is 0 Å². The molecule has 1 N–H and O–H groups in total. The zero-order chi connectivity index (χ0) is 10.8. The van der Waals surface area contributed by atoms with Crippen LogP contribution in [-0.2, 0) is 0 Å². The van der Waals surface area contributed by atoms with Crippen molar-refractivity contribution in [2.45, 2.75) is 0 Å². The smallest absolute Gasteiger partial charge is 0.116 e. The van der Waals surface area contributed by atoms with Crippen LogP contribution in [0, 0.1) is 0 Å². The van der Waals surface area contributed by atoms with Crippen LogP contribution < -0.4 is 0 Å². The molecule has 0 aliphatic carbocycles. The minimum absolute atomic E-state index is 0.189. The highest BCUT2D eigenvalue weighted by molar-refractivity contribution is 6.33. The van der Waals surface area contributed by atoms with Crippen molar-refractivity contribution in [3.63, 3.8) is 0 Å². The molecule has 0 saturated carbocycles. The molecule has 0 bridgehead atoms. The van der Waals surface area contributed by atoms with E-state index in [1.165, 1.54) is 0 Å². The molecule has 2 aromatic rings. The fourth-order valence-electron chi connectivity index (χ4n) is 1.39. The normalized spacial score (nSPS) is 10.3. The van der Waals surface area contributed by atoms with E-state index in [9.17, 15) is 5.11 Å². The van der Waals surface area contributed by atoms with Gasteiger partial charge in [0, 0.05) is 15.6 Å². The molecule has 0 aromatic heterocycles. The lowest BCUT2D eigenvalue weighted by atomic mass is 10.1. The first kappa shape index (κ1) is 10.3. The van der Waals surface area contributed by atoms with Crippen LogP contribution in [0.4, 0.5) is 0 Å². The Kier molecular flexibility index (Phi) is 2.85. The lowest BCUT2D eigenvalue weighted by molar-refractivity contribution is 0.475. The fraction of sp³-hybridized carbons (Fsp3) is 0. The summed E-state index contributed by atoms with van der Waals surface area (Å²) in [4.78, 5) is 0. The minimum atomic E-state index is 0.189. The largest absolute Gasteiger partial charge is 0.508 e. The molecule has 0 unspecified atom stereocenters. The molecule has 15 heavy (non-hydrogen) atoms. The number of rotatable bonds is 1. The third-order valence-corrected chi connectivity index (χ3v) is 2.65. The maximum absolute atomic E-state index is 9.38. The molecule has 1 nitrogen and oxygen atoms in total. The summed E-state index contributed by atoms with van der Waals surface area (Å²) < 4.78 is 0. The SMILES string of the molecule is Oc1ccc(Cl)c(-c2cccc(Cl)c2)c1. The Hall–Kier alpha value is -1.18. The molecule has 3 heteroatoms. The van der Waals surface area contributed by atoms with Gasteiger partial charge in [0.05, 0.1) is 0 Å². The van der Waals surface area contributed by atoms with Gasteiger partial charge < -0.3 is 5.11 Å². The fourth-order valence-corrected chi connectivity index (χ4v) is 1.81. The molecule has 0 atom stereocenters. The van der Waals surface area contributed by atoms with Crippen LogP contribution in [0.5, 0.6) is 5.75 Å². The van der Waals surface area contributed by atoms with Crippen LogP contribution in [-0.4, -0.2) is 5.11 Å². The van der Waals surface area contributed by atoms with Gasteiger partial charge in [-0.2, -0.15) is 0 Å². The molecule has 0 saturated heterocycles. The summed E-state index contributed by atoms with van der Waals surface area (Å²) >= 11 is 11.9. The summed E-state index contributed by atoms with van der Waals surface area (Å²) in [6, 6.07) is 12.2. The molecule has 0 heterocycles. The third-order valence-electron chi connectivity index (χ3n) is 2.09. The van der Waals surface area contributed by atoms with Crippen molar-refractivity contribution in [3.05, 3.63) is 52.5 Å². The van der Waals surface area contributed by atoms with E-state index in [0.29, 0.717) is 10.0 Å². The zero-order valence-corrected chi connectivity index (χ0v) is 9.26. The second kappa shape index (κ2) is 4.13. The van der Waals surface area contributed by atoms with Crippen molar-refractivity contribution in [2.75, 3.05) is 0 Å². The summed E-state index contributed by atoms with van der Waals surface area (Å²) in [7, 11) is 0. The predicted molar refractivity (Wildman–Crippen MR) is 63.6 cm³/mol. The van der Waals surface area contributed by atoms with Gasteiger partial charge in [0.1, 0.15) is 5.75 Å². The van der Waals surface area contributed by atoms with E-state index in [2.05, 4.69) is 0 Å². The monoisotopic (exact) mass is 238 g/mol. The molecule has 0 radical (unpaired) electrons. The Bertz CT molecular complexity index is 495. The molecule has 2 aromatic carbocycles. The van der Waals surface area contributed by atoms with Crippen molar-refractivity contribution in [1.29, 1.82) is 0 Å². The van der Waals surface area contributed by atoms with Crippen LogP contribution in [0.25, 0.3) is 11.1 Å². The van der Waals surface area contributed by atoms with Gasteiger partial charge in [0.2, 0.25) is 0 Å². The maximum atomic E-state index is 9.38. The first-order chi connectivity index (χ1) is 7.16. The topological polar surface area (TPSA) is 20.2 Å². The molecule has 0 amide bonds. The van der Waals surface area contributed by atoms with Crippen LogP contribution in [0.1, 0.15) is 0 Å². The quantitative estimate of drug-likeness (QED) is 0.783. The maximum Gasteiger partial charge on any atom is 0.116 e. The summed E-state index contributed by atoms with van der Waals surface area (Å²) in [6.07, 6.45) is 0. The average Bonchev–Trinajstić information content (AvgIpc) is 2.22. The molecular weight excluding hydrogens is 231 g/mol. The van der Waals surface area contributed by atoms with Gasteiger partial charge in [0.15, 0.2) is 0 Å². The van der Waals surface area contributed by atoms with Crippen LogP contribution >= 0.6 is 23.2 Å². The van der Waals surface area contributed by atoms with E-state index < -0.39 is 0 Å². The van der Waals surface area contributed by atoms with Gasteiger partial charge in [-0.3, -0.25) is 0 Å². The standard InChI is InChI=1S/C12H8Cl2O/c13-9-3-1-2-8(6-9)11-7-10(15)4-5-12(11)14/h1-7,15H. The minimum Gasteiger partial charge on any atom is -0.508 e. The van der Waals surface area contributed by atoms with E-state index in [1.54, 1.807) is 24.3 Å². The summed E-state index contributed by atoms with van der Waals surface area (Å²) in [5, 5.41) is 10.6. The Morgan fingerprint density at radius 1 is 0.933 bits per heavy atom. The lowest BCUT2D eigenvalue weighted by Gasteiger charge is -2.05. The second-order valence-electron chi connectivity index (χ2n) is 3.17. The van der Waals surface area contributed by atoms with Crippen molar-refractivity contribution in [3.8, 4) is 16.9 Å².